The number of benzene rings is 2. The molecule has 172 valence electrons. The summed E-state index contributed by atoms with van der Waals surface area (Å²) in [4.78, 5) is 43.4. The number of ether oxygens (including phenoxy) is 1. The van der Waals surface area contributed by atoms with Crippen LogP contribution in [0.5, 0.6) is 5.75 Å². The van der Waals surface area contributed by atoms with E-state index in [1.807, 2.05) is 0 Å². The zero-order valence-corrected chi connectivity index (χ0v) is 18.7. The van der Waals surface area contributed by atoms with Crippen LogP contribution in [-0.2, 0) is 17.9 Å². The molecule has 0 saturated heterocycles. The van der Waals surface area contributed by atoms with Crippen LogP contribution in [0.15, 0.2) is 63.1 Å². The first kappa shape index (κ1) is 22.6. The average molecular weight is 471 g/mol. The fourth-order valence-electron chi connectivity index (χ4n) is 3.61. The molecule has 3 aromatic rings. The molecule has 0 aliphatic heterocycles. The minimum absolute atomic E-state index is 0.117. The summed E-state index contributed by atoms with van der Waals surface area (Å²) in [6.07, 6.45) is 0.857. The van der Waals surface area contributed by atoms with Crippen LogP contribution < -0.4 is 21.7 Å². The maximum Gasteiger partial charge on any atom is 0.335 e. The Morgan fingerprint density at radius 2 is 1.79 bits per heavy atom. The largest absolute Gasteiger partial charge is 0.490 e. The molecular formula is C23H23ClN4O5. The second-order valence-electron chi connectivity index (χ2n) is 7.85. The highest BCUT2D eigenvalue weighted by atomic mass is 35.5. The molecule has 33 heavy (non-hydrogen) atoms. The number of carboxylic acids is 1. The second-order valence-corrected chi connectivity index (χ2v) is 8.28. The molecule has 1 heterocycles. The molecule has 10 heteroatoms. The number of halogens is 1. The Bertz CT molecular complexity index is 1330. The molecule has 0 amide bonds. The number of nitrogens with one attached hydrogen (secondary N) is 1. The summed E-state index contributed by atoms with van der Waals surface area (Å²) in [5.74, 6) is -0.538. The molecule has 1 saturated carbocycles. The van der Waals surface area contributed by atoms with Crippen LogP contribution in [0.1, 0.15) is 25.3 Å². The van der Waals surface area contributed by atoms with Crippen molar-refractivity contribution in [3.8, 4) is 5.75 Å². The Hall–Kier alpha value is -3.59. The summed E-state index contributed by atoms with van der Waals surface area (Å²) in [6.45, 7) is 2.16. The van der Waals surface area contributed by atoms with Crippen LogP contribution >= 0.6 is 11.6 Å². The minimum atomic E-state index is -0.796. The fraction of sp³-hybridized carbons (Fsp3) is 0.304. The highest BCUT2D eigenvalue weighted by Gasteiger charge is 2.35. The van der Waals surface area contributed by atoms with Crippen LogP contribution in [0.25, 0.3) is 0 Å². The van der Waals surface area contributed by atoms with Gasteiger partial charge in [0.25, 0.3) is 0 Å². The van der Waals surface area contributed by atoms with Gasteiger partial charge in [0.2, 0.25) is 5.62 Å². The van der Waals surface area contributed by atoms with E-state index < -0.39 is 17.3 Å². The summed E-state index contributed by atoms with van der Waals surface area (Å²) < 4.78 is 8.29. The molecule has 0 atom stereocenters. The van der Waals surface area contributed by atoms with Crippen molar-refractivity contribution in [2.45, 2.75) is 39.0 Å². The molecule has 1 fully saturated rings. The molecule has 9 nitrogen and oxygen atoms in total. The van der Waals surface area contributed by atoms with Crippen molar-refractivity contribution in [1.82, 2.24) is 14.1 Å². The van der Waals surface area contributed by atoms with E-state index in [0.29, 0.717) is 29.3 Å². The summed E-state index contributed by atoms with van der Waals surface area (Å²) in [5.41, 5.74) is 0.478. The Morgan fingerprint density at radius 3 is 2.39 bits per heavy atom. The van der Waals surface area contributed by atoms with E-state index in [1.165, 1.54) is 4.57 Å². The zero-order chi connectivity index (χ0) is 23.5. The van der Waals surface area contributed by atoms with E-state index >= 15 is 0 Å². The number of H-pyrrole nitrogens is 1. The van der Waals surface area contributed by atoms with Gasteiger partial charge in [0.15, 0.2) is 0 Å². The van der Waals surface area contributed by atoms with Crippen LogP contribution in [0.4, 0.5) is 5.69 Å². The Labute approximate surface area is 193 Å². The third-order valence-corrected chi connectivity index (χ3v) is 5.82. The molecular weight excluding hydrogens is 448 g/mol. The number of rotatable bonds is 7. The number of aliphatic carboxylic acids is 1. The molecule has 4 rings (SSSR count). The van der Waals surface area contributed by atoms with Crippen molar-refractivity contribution >= 4 is 23.3 Å². The fourth-order valence-corrected chi connectivity index (χ4v) is 3.74. The van der Waals surface area contributed by atoms with E-state index in [0.717, 1.165) is 10.1 Å². The standard InChI is InChI=1S/C23H23ClN4O5/c1-2-27-22(31)26-21(28(23(27)32)13-14-3-5-16(24)6-4-14)25-17-7-9-18(10-8-17)33-19-11-15(12-19)20(29)30/h3-10,15,19H,2,11-13H2,1H3,(H,29,30)(H,25,26,31)/t15-,19+. The van der Waals surface area contributed by atoms with Gasteiger partial charge in [0, 0.05) is 11.6 Å². The van der Waals surface area contributed by atoms with Gasteiger partial charge in [-0.25, -0.2) is 19.1 Å². The molecule has 1 aromatic heterocycles. The van der Waals surface area contributed by atoms with Crippen LogP contribution in [0, 0.1) is 5.92 Å². The normalized spacial score (nSPS) is 18.1. The summed E-state index contributed by atoms with van der Waals surface area (Å²) >= 11 is 5.96. The van der Waals surface area contributed by atoms with Crippen LogP contribution in [0.2, 0.25) is 5.02 Å². The summed E-state index contributed by atoms with van der Waals surface area (Å²) in [6, 6.07) is 13.9. The van der Waals surface area contributed by atoms with Gasteiger partial charge in [-0.1, -0.05) is 23.7 Å². The van der Waals surface area contributed by atoms with E-state index in [2.05, 4.69) is 9.98 Å². The topological polar surface area (TPSA) is 119 Å². The smallest absolute Gasteiger partial charge is 0.335 e. The van der Waals surface area contributed by atoms with E-state index in [9.17, 15) is 14.4 Å². The molecule has 0 spiro atoms. The molecule has 0 radical (unpaired) electrons. The number of hydrogen-bond acceptors (Lipinski definition) is 5. The molecule has 2 aromatic carbocycles. The first-order valence-corrected chi connectivity index (χ1v) is 10.9. The number of nitrogens with zero attached hydrogens (tertiary/aromatic N) is 3. The molecule has 0 unspecified atom stereocenters. The first-order chi connectivity index (χ1) is 15.8. The monoisotopic (exact) mass is 470 g/mol. The third-order valence-electron chi connectivity index (χ3n) is 5.57. The van der Waals surface area contributed by atoms with Gasteiger partial charge < -0.3 is 9.84 Å². The lowest BCUT2D eigenvalue weighted by molar-refractivity contribution is -0.147. The van der Waals surface area contributed by atoms with Gasteiger partial charge in [-0.2, -0.15) is 0 Å². The van der Waals surface area contributed by atoms with Crippen molar-refractivity contribution < 1.29 is 14.6 Å². The molecule has 0 bridgehead atoms. The zero-order valence-electron chi connectivity index (χ0n) is 17.9. The van der Waals surface area contributed by atoms with Crippen molar-refractivity contribution in [3.63, 3.8) is 0 Å². The Balaban J connectivity index is 1.62. The Kier molecular flexibility index (Phi) is 6.50. The summed E-state index contributed by atoms with van der Waals surface area (Å²) in [7, 11) is 0. The number of carboxylic acid groups (broad SMARTS) is 1. The van der Waals surface area contributed by atoms with Gasteiger partial charge in [0.1, 0.15) is 11.9 Å². The van der Waals surface area contributed by atoms with Crippen molar-refractivity contribution in [3.05, 3.63) is 85.7 Å². The first-order valence-electron chi connectivity index (χ1n) is 10.6. The second kappa shape index (κ2) is 9.50. The van der Waals surface area contributed by atoms with Gasteiger partial charge in [-0.3, -0.25) is 14.3 Å². The number of carbonyl (C=O) groups is 1. The molecule has 1 aliphatic carbocycles. The summed E-state index contributed by atoms with van der Waals surface area (Å²) in [5, 5.41) is 9.56. The van der Waals surface area contributed by atoms with Gasteiger partial charge in [0.05, 0.1) is 18.2 Å². The predicted octanol–water partition coefficient (Wildman–Crippen LogP) is 2.53. The van der Waals surface area contributed by atoms with Crippen LogP contribution in [0.3, 0.4) is 0 Å². The highest BCUT2D eigenvalue weighted by Crippen LogP contribution is 2.32. The lowest BCUT2D eigenvalue weighted by Crippen LogP contribution is -2.49. The number of aromatic nitrogens is 3. The van der Waals surface area contributed by atoms with Gasteiger partial charge in [-0.05, 0) is 61.7 Å². The SMILES string of the molecule is CCn1c(=O)[nH]/c(=N\c2ccc(O[C@H]3C[C@@H](C(=O)O)C3)cc2)n(Cc2ccc(Cl)cc2)c1=O. The van der Waals surface area contributed by atoms with E-state index in [1.54, 1.807) is 55.5 Å². The third kappa shape index (κ3) is 5.09. The molecule has 2 N–H and O–H groups in total. The number of hydrogen-bond donors (Lipinski definition) is 2. The lowest BCUT2D eigenvalue weighted by Gasteiger charge is -2.32. The van der Waals surface area contributed by atoms with Crippen LogP contribution in [-0.4, -0.2) is 31.3 Å². The van der Waals surface area contributed by atoms with Gasteiger partial charge >= 0.3 is 17.3 Å². The lowest BCUT2D eigenvalue weighted by atomic mass is 9.82. The highest BCUT2D eigenvalue weighted by molar-refractivity contribution is 6.30. The number of aromatic amines is 1. The Morgan fingerprint density at radius 1 is 1.12 bits per heavy atom. The quantitative estimate of drug-likeness (QED) is 0.550. The minimum Gasteiger partial charge on any atom is -0.490 e. The maximum atomic E-state index is 13.0. The maximum absolute atomic E-state index is 13.0. The van der Waals surface area contributed by atoms with Crippen molar-refractivity contribution in [2.75, 3.05) is 0 Å². The van der Waals surface area contributed by atoms with Crippen molar-refractivity contribution in [2.24, 2.45) is 10.9 Å². The predicted molar refractivity (Wildman–Crippen MR) is 122 cm³/mol. The molecule has 1 aliphatic rings. The average Bonchev–Trinajstić information content (AvgIpc) is 2.75. The van der Waals surface area contributed by atoms with Gasteiger partial charge in [-0.15, -0.1) is 0 Å². The van der Waals surface area contributed by atoms with Crippen molar-refractivity contribution in [1.29, 1.82) is 0 Å². The van der Waals surface area contributed by atoms with E-state index in [-0.39, 0.29) is 30.7 Å². The van der Waals surface area contributed by atoms with E-state index in [4.69, 9.17) is 21.4 Å².